The second-order valence-corrected chi connectivity index (χ2v) is 8.45. The number of hydrogen-bond donors (Lipinski definition) is 0. The summed E-state index contributed by atoms with van der Waals surface area (Å²) < 4.78 is 6.01. The SMILES string of the molecule is CC1(C)CCC[C@]2(C)[C@@H]1CC[C@@]13O[C@@H]1C(=O)CC[C@@H]23. The summed E-state index contributed by atoms with van der Waals surface area (Å²) in [5.74, 6) is 1.84. The van der Waals surface area contributed by atoms with Crippen LogP contribution in [0.5, 0.6) is 0 Å². The van der Waals surface area contributed by atoms with Crippen LogP contribution in [-0.4, -0.2) is 17.5 Å². The lowest BCUT2D eigenvalue weighted by Crippen LogP contribution is -2.56. The third-order valence-corrected chi connectivity index (χ3v) is 7.18. The number of epoxide rings is 1. The van der Waals surface area contributed by atoms with Crippen LogP contribution < -0.4 is 0 Å². The maximum Gasteiger partial charge on any atom is 0.164 e. The Hall–Kier alpha value is -0.370. The lowest BCUT2D eigenvalue weighted by atomic mass is 9.44. The number of hydrogen-bond acceptors (Lipinski definition) is 2. The van der Waals surface area contributed by atoms with Gasteiger partial charge in [-0.05, 0) is 54.8 Å². The highest BCUT2D eigenvalue weighted by Gasteiger charge is 2.73. The third-order valence-electron chi connectivity index (χ3n) is 7.18. The first-order valence-electron chi connectivity index (χ1n) is 8.11. The number of ketones is 1. The molecule has 4 fully saturated rings. The van der Waals surface area contributed by atoms with Gasteiger partial charge in [0, 0.05) is 6.42 Å². The van der Waals surface area contributed by atoms with Gasteiger partial charge >= 0.3 is 0 Å². The molecule has 106 valence electrons. The molecule has 1 heterocycles. The highest BCUT2D eigenvalue weighted by molar-refractivity contribution is 5.88. The van der Waals surface area contributed by atoms with Crippen molar-refractivity contribution in [1.82, 2.24) is 0 Å². The predicted octanol–water partition coefficient (Wildman–Crippen LogP) is 3.73. The average molecular weight is 262 g/mol. The highest BCUT2D eigenvalue weighted by Crippen LogP contribution is 2.69. The number of Topliss-reactive ketones (excluding diaryl/α,β-unsaturated/α-hetero) is 1. The van der Waals surface area contributed by atoms with E-state index in [1.54, 1.807) is 0 Å². The summed E-state index contributed by atoms with van der Waals surface area (Å²) in [6.07, 6.45) is 8.30. The van der Waals surface area contributed by atoms with E-state index >= 15 is 0 Å². The Labute approximate surface area is 116 Å². The van der Waals surface area contributed by atoms with Crippen molar-refractivity contribution < 1.29 is 9.53 Å². The fourth-order valence-electron chi connectivity index (χ4n) is 6.38. The largest absolute Gasteiger partial charge is 0.357 e. The van der Waals surface area contributed by atoms with Crippen LogP contribution in [0.3, 0.4) is 0 Å². The van der Waals surface area contributed by atoms with Crippen molar-refractivity contribution in [2.75, 3.05) is 0 Å². The van der Waals surface area contributed by atoms with Gasteiger partial charge in [-0.2, -0.15) is 0 Å². The van der Waals surface area contributed by atoms with Crippen molar-refractivity contribution in [2.24, 2.45) is 22.7 Å². The summed E-state index contributed by atoms with van der Waals surface area (Å²) in [5, 5.41) is 0. The minimum absolute atomic E-state index is 0.0194. The van der Waals surface area contributed by atoms with E-state index in [4.69, 9.17) is 4.74 Å². The van der Waals surface area contributed by atoms with Gasteiger partial charge in [0.2, 0.25) is 0 Å². The van der Waals surface area contributed by atoms with Crippen LogP contribution >= 0.6 is 0 Å². The van der Waals surface area contributed by atoms with E-state index in [0.29, 0.717) is 22.5 Å². The van der Waals surface area contributed by atoms with Crippen molar-refractivity contribution >= 4 is 5.78 Å². The van der Waals surface area contributed by atoms with Crippen LogP contribution in [0, 0.1) is 22.7 Å². The standard InChI is InChI=1S/C17H26O2/c1-15(2)8-4-9-16(3)12(15)7-10-17-13(16)6-5-11(18)14(17)19-17/h12-14H,4-10H2,1-3H3/t12-,13+,14-,16-,17+/m1/s1. The van der Waals surface area contributed by atoms with Gasteiger partial charge in [0.15, 0.2) is 5.78 Å². The molecule has 0 aromatic heterocycles. The van der Waals surface area contributed by atoms with E-state index in [-0.39, 0.29) is 11.7 Å². The number of rotatable bonds is 0. The summed E-state index contributed by atoms with van der Waals surface area (Å²) >= 11 is 0. The number of carbonyl (C=O) groups is 1. The maximum absolute atomic E-state index is 12.0. The molecule has 4 aliphatic rings. The van der Waals surface area contributed by atoms with Gasteiger partial charge in [0.05, 0.1) is 0 Å². The smallest absolute Gasteiger partial charge is 0.164 e. The molecule has 4 rings (SSSR count). The quantitative estimate of drug-likeness (QED) is 0.623. The van der Waals surface area contributed by atoms with E-state index in [2.05, 4.69) is 20.8 Å². The van der Waals surface area contributed by atoms with Crippen LogP contribution in [0.2, 0.25) is 0 Å². The second kappa shape index (κ2) is 3.44. The Kier molecular flexibility index (Phi) is 2.24. The Morgan fingerprint density at radius 3 is 2.63 bits per heavy atom. The molecule has 0 aromatic rings. The average Bonchev–Trinajstić information content (AvgIpc) is 3.03. The number of fused-ring (bicyclic) bond motifs is 2. The molecule has 5 atom stereocenters. The molecule has 0 N–H and O–H groups in total. The maximum atomic E-state index is 12.0. The summed E-state index contributed by atoms with van der Waals surface area (Å²) in [5.41, 5.74) is 0.865. The van der Waals surface area contributed by atoms with Gasteiger partial charge in [-0.15, -0.1) is 0 Å². The van der Waals surface area contributed by atoms with Crippen molar-refractivity contribution in [1.29, 1.82) is 0 Å². The van der Waals surface area contributed by atoms with Gasteiger partial charge < -0.3 is 4.74 Å². The molecule has 0 amide bonds. The van der Waals surface area contributed by atoms with Gasteiger partial charge in [0.25, 0.3) is 0 Å². The van der Waals surface area contributed by atoms with Gasteiger partial charge in [-0.25, -0.2) is 0 Å². The lowest BCUT2D eigenvalue weighted by Gasteiger charge is -2.59. The van der Waals surface area contributed by atoms with E-state index in [1.807, 2.05) is 0 Å². The Morgan fingerprint density at radius 1 is 1.05 bits per heavy atom. The Bertz CT molecular complexity index is 441. The molecule has 19 heavy (non-hydrogen) atoms. The fourth-order valence-corrected chi connectivity index (χ4v) is 6.38. The van der Waals surface area contributed by atoms with E-state index in [1.165, 1.54) is 25.7 Å². The van der Waals surface area contributed by atoms with Crippen molar-refractivity contribution in [3.8, 4) is 0 Å². The molecule has 0 unspecified atom stereocenters. The molecule has 2 heteroatoms. The third kappa shape index (κ3) is 1.39. The molecular formula is C17H26O2. The first-order valence-corrected chi connectivity index (χ1v) is 8.11. The molecule has 0 radical (unpaired) electrons. The topological polar surface area (TPSA) is 29.6 Å². The molecule has 3 aliphatic carbocycles. The summed E-state index contributed by atoms with van der Waals surface area (Å²) in [7, 11) is 0. The summed E-state index contributed by atoms with van der Waals surface area (Å²) in [6.45, 7) is 7.44. The Balaban J connectivity index is 1.73. The van der Waals surface area contributed by atoms with Crippen molar-refractivity contribution in [3.63, 3.8) is 0 Å². The Morgan fingerprint density at radius 2 is 1.84 bits per heavy atom. The minimum Gasteiger partial charge on any atom is -0.357 e. The van der Waals surface area contributed by atoms with E-state index < -0.39 is 0 Å². The van der Waals surface area contributed by atoms with Crippen LogP contribution in [0.1, 0.15) is 65.7 Å². The fraction of sp³-hybridized carbons (Fsp3) is 0.941. The zero-order valence-electron chi connectivity index (χ0n) is 12.5. The van der Waals surface area contributed by atoms with Gasteiger partial charge in [-0.1, -0.05) is 27.2 Å². The highest BCUT2D eigenvalue weighted by atomic mass is 16.6. The first-order chi connectivity index (χ1) is 8.90. The van der Waals surface area contributed by atoms with Crippen LogP contribution in [0.15, 0.2) is 0 Å². The van der Waals surface area contributed by atoms with E-state index in [9.17, 15) is 4.79 Å². The molecule has 0 aromatic carbocycles. The normalized spacial score (nSPS) is 54.9. The number of ether oxygens (including phenoxy) is 1. The molecule has 1 spiro atoms. The summed E-state index contributed by atoms with van der Waals surface area (Å²) in [4.78, 5) is 12.0. The molecule has 3 saturated carbocycles. The zero-order chi connectivity index (χ0) is 13.5. The zero-order valence-corrected chi connectivity index (χ0v) is 12.5. The predicted molar refractivity (Wildman–Crippen MR) is 73.8 cm³/mol. The molecule has 1 saturated heterocycles. The van der Waals surface area contributed by atoms with Crippen LogP contribution in [0.25, 0.3) is 0 Å². The molecule has 2 nitrogen and oxygen atoms in total. The number of carbonyl (C=O) groups excluding carboxylic acids is 1. The van der Waals surface area contributed by atoms with Crippen molar-refractivity contribution in [2.45, 2.75) is 77.4 Å². The first kappa shape index (κ1) is 12.4. The monoisotopic (exact) mass is 262 g/mol. The van der Waals surface area contributed by atoms with E-state index in [0.717, 1.165) is 25.2 Å². The van der Waals surface area contributed by atoms with Gasteiger partial charge in [0.1, 0.15) is 11.7 Å². The van der Waals surface area contributed by atoms with Crippen LogP contribution in [0.4, 0.5) is 0 Å². The lowest BCUT2D eigenvalue weighted by molar-refractivity contribution is -0.128. The molecule has 0 bridgehead atoms. The molecular weight excluding hydrogens is 236 g/mol. The molecule has 1 aliphatic heterocycles. The second-order valence-electron chi connectivity index (χ2n) is 8.45. The van der Waals surface area contributed by atoms with Gasteiger partial charge in [-0.3, -0.25) is 4.79 Å². The summed E-state index contributed by atoms with van der Waals surface area (Å²) in [6, 6.07) is 0. The minimum atomic E-state index is -0.0198. The van der Waals surface area contributed by atoms with Crippen molar-refractivity contribution in [3.05, 3.63) is 0 Å². The van der Waals surface area contributed by atoms with Crippen LogP contribution in [-0.2, 0) is 9.53 Å².